The number of nitrogens with one attached hydrogen (secondary N) is 5. The number of fused-ring (bicyclic) bond motifs is 7. The highest BCUT2D eigenvalue weighted by atomic mass is 35.5. The number of halogens is 2. The minimum absolute atomic E-state index is 0.0189. The van der Waals surface area contributed by atoms with Crippen LogP contribution < -0.4 is 31.3 Å². The van der Waals surface area contributed by atoms with E-state index in [1.54, 1.807) is 115 Å². The summed E-state index contributed by atoms with van der Waals surface area (Å²) in [5, 5.41) is 60.5. The second-order valence-corrected chi connectivity index (χ2v) is 33.0. The second kappa shape index (κ2) is 38.6. The molecule has 0 spiro atoms. The summed E-state index contributed by atoms with van der Waals surface area (Å²) in [4.78, 5) is 125. The first-order valence-electron chi connectivity index (χ1n) is 43.3. The number of aliphatic hydroxyl groups excluding tert-OH is 3. The van der Waals surface area contributed by atoms with Crippen molar-refractivity contribution in [3.05, 3.63) is 280 Å². The largest absolute Gasteiger partial charge is 0.496 e. The first kappa shape index (κ1) is 89.2. The van der Waals surface area contributed by atoms with Gasteiger partial charge in [0.05, 0.1) is 97.8 Å². The Kier molecular flexibility index (Phi) is 25.7. The van der Waals surface area contributed by atoms with Crippen LogP contribution in [0.15, 0.2) is 225 Å². The number of ether oxygens (including phenoxy) is 3. The Bertz CT molecular complexity index is 7620. The van der Waals surface area contributed by atoms with Gasteiger partial charge in [-0.15, -0.1) is 0 Å². The average molecular weight is 1840 g/mol. The van der Waals surface area contributed by atoms with E-state index in [-0.39, 0.29) is 67.2 Å². The molecule has 9 amide bonds. The number of hydrogen-bond acceptors (Lipinski definition) is 20. The van der Waals surface area contributed by atoms with Crippen LogP contribution in [0.25, 0.3) is 127 Å². The Morgan fingerprint density at radius 2 is 0.910 bits per heavy atom. The summed E-state index contributed by atoms with van der Waals surface area (Å²) in [5.41, 5.74) is 13.2. The molecule has 1 saturated heterocycles. The molecule has 7 aromatic carbocycles. The van der Waals surface area contributed by atoms with Crippen molar-refractivity contribution in [2.24, 2.45) is 7.05 Å². The number of hydrogen-bond donors (Lipinski definition) is 8. The van der Waals surface area contributed by atoms with Crippen molar-refractivity contribution in [2.45, 2.75) is 64.3 Å². The van der Waals surface area contributed by atoms with Gasteiger partial charge in [-0.3, -0.25) is 88.4 Å². The fourth-order valence-corrected chi connectivity index (χ4v) is 18.5. The number of aromatic nitrogens is 12. The highest BCUT2D eigenvalue weighted by Crippen LogP contribution is 2.45. The van der Waals surface area contributed by atoms with Crippen LogP contribution in [0.4, 0.5) is 0 Å². The van der Waals surface area contributed by atoms with Crippen LogP contribution in [0.1, 0.15) is 83.0 Å². The lowest BCUT2D eigenvalue weighted by molar-refractivity contribution is -0.124. The van der Waals surface area contributed by atoms with Crippen LogP contribution in [0.5, 0.6) is 5.75 Å². The number of benzene rings is 7. The molecule has 0 saturated carbocycles. The number of carbonyl (C=O) groups is 9. The number of nitrogens with zero attached hydrogens (tertiary/aromatic N) is 12. The third-order valence-electron chi connectivity index (χ3n) is 24.0. The third kappa shape index (κ3) is 16.9. The monoisotopic (exact) mass is 1840 g/mol. The molecule has 0 radical (unpaired) electrons. The van der Waals surface area contributed by atoms with Gasteiger partial charge in [-0.2, -0.15) is 15.3 Å². The van der Waals surface area contributed by atoms with Crippen molar-refractivity contribution in [3.8, 4) is 11.4 Å². The summed E-state index contributed by atoms with van der Waals surface area (Å²) in [6, 6.07) is 54.3. The first-order valence-corrected chi connectivity index (χ1v) is 44.1. The minimum Gasteiger partial charge on any atom is -0.496 e. The molecule has 5 aliphatic heterocycles. The van der Waals surface area contributed by atoms with E-state index < -0.39 is 47.3 Å². The predicted molar refractivity (Wildman–Crippen MR) is 507 cm³/mol. The third-order valence-corrected chi connectivity index (χ3v) is 24.5. The molecule has 676 valence electrons. The van der Waals surface area contributed by atoms with Gasteiger partial charge >= 0.3 is 0 Å². The van der Waals surface area contributed by atoms with Gasteiger partial charge in [-0.25, -0.2) is 0 Å². The van der Waals surface area contributed by atoms with Crippen LogP contribution in [0.3, 0.4) is 0 Å². The summed E-state index contributed by atoms with van der Waals surface area (Å²) in [6.45, 7) is 3.66. The number of rotatable bonds is 25. The van der Waals surface area contributed by atoms with Gasteiger partial charge < -0.3 is 53.1 Å². The van der Waals surface area contributed by atoms with Crippen molar-refractivity contribution in [2.75, 3.05) is 60.4 Å². The van der Waals surface area contributed by atoms with E-state index in [0.717, 1.165) is 102 Å². The maximum absolute atomic E-state index is 13.2. The molecule has 8 N–H and O–H groups in total. The van der Waals surface area contributed by atoms with E-state index in [1.165, 1.54) is 4.68 Å². The van der Waals surface area contributed by atoms with Crippen LogP contribution in [0.2, 0.25) is 10.0 Å². The van der Waals surface area contributed by atoms with E-state index in [1.807, 2.05) is 144 Å². The van der Waals surface area contributed by atoms with Gasteiger partial charge in [0.15, 0.2) is 0 Å². The van der Waals surface area contributed by atoms with Gasteiger partial charge in [0, 0.05) is 209 Å². The van der Waals surface area contributed by atoms with Gasteiger partial charge in [-0.05, 0) is 117 Å². The van der Waals surface area contributed by atoms with Crippen LogP contribution in [-0.2, 0) is 85.9 Å². The Morgan fingerprint density at radius 1 is 0.440 bits per heavy atom. The molecule has 5 aliphatic rings. The maximum Gasteiger partial charge on any atom is 0.261 e. The zero-order valence-corrected chi connectivity index (χ0v) is 74.1. The van der Waals surface area contributed by atoms with E-state index >= 15 is 0 Å². The number of amides is 9. The Hall–Kier alpha value is -15.4. The Morgan fingerprint density at radius 3 is 1.46 bits per heavy atom. The highest BCUT2D eigenvalue weighted by molar-refractivity contribution is 6.53. The Labute approximate surface area is 773 Å². The number of pyridine rings is 2. The average Bonchev–Trinajstić information content (AvgIpc) is 1.58. The molecule has 0 unspecified atom stereocenters. The van der Waals surface area contributed by atoms with Gasteiger partial charge in [0.1, 0.15) is 29.4 Å². The first-order chi connectivity index (χ1) is 65.3. The topological polar surface area (TPSA) is 401 Å². The zero-order chi connectivity index (χ0) is 93.1. The Balaban J connectivity index is 0.000000120. The summed E-state index contributed by atoms with van der Waals surface area (Å²) in [7, 11) is 5.06. The van der Waals surface area contributed by atoms with Crippen molar-refractivity contribution < 1.29 is 72.7 Å². The molecular formula is C100H87Cl2N17O15. The standard InChI is InChI=1S/C27H20ClN5O3.C27H26N4O4.C24H20ClN5O4.C22H21N3O4/c28-16-8-9-21-19(13-16)20(15-32(21)17-5-3-10-29-14-17)23-24(27(36)30-26(23)35)25-18-6-1-2-7-22(18)33(31-25)11-4-12-34;32-13-5-12-31-22-9-4-2-7-19(22)25(29-31)24-23(26(33)28-27(24)34)20-16-30(17-10-14-35-15-11-17)21-8-3-1-6-18(20)21;1-29-11-16(15-10-13(25)6-7-17(15)29)20-21(24(34)27-23(20)33)22-14-4-2-3-5-18(14)30(28-22)12-19(32)26-8-9-31;1-28-11-5-10-25-13-16(15-12-23-9-8-17(15)25)20-19(21(26)24-22(20)27)14-6-3-4-7-18(14)29-2/h1-3,5-10,13-15,34H,4,11-12H2,(H,30,35,36);1-4,6-9,16-17,32H,5,10-15H2,(H,28,33,34);2-7,10-11,31H,8-9,12H2,1H3,(H,26,32)(H,27,33,34);3-4,6-9,12-13H,5,10-11H2,1-2H3,(H,24,26,27). The van der Waals surface area contributed by atoms with E-state index in [2.05, 4.69) is 56.9 Å². The van der Waals surface area contributed by atoms with Gasteiger partial charge in [0.25, 0.3) is 47.3 Å². The maximum atomic E-state index is 13.2. The molecule has 16 aromatic rings. The molecule has 0 bridgehead atoms. The highest BCUT2D eigenvalue weighted by Gasteiger charge is 2.42. The van der Waals surface area contributed by atoms with E-state index in [0.29, 0.717) is 134 Å². The second-order valence-electron chi connectivity index (χ2n) is 32.1. The van der Waals surface area contributed by atoms with Crippen molar-refractivity contribution >= 4 is 197 Å². The molecule has 34 heteroatoms. The number of imide groups is 4. The normalized spacial score (nSPS) is 14.7. The fourth-order valence-electron chi connectivity index (χ4n) is 18.1. The zero-order valence-electron chi connectivity index (χ0n) is 72.6. The van der Waals surface area contributed by atoms with Crippen molar-refractivity contribution in [3.63, 3.8) is 0 Å². The quantitative estimate of drug-likeness (QED) is 0.0195. The lowest BCUT2D eigenvalue weighted by Crippen LogP contribution is -2.30. The summed E-state index contributed by atoms with van der Waals surface area (Å²) >= 11 is 12.6. The summed E-state index contributed by atoms with van der Waals surface area (Å²) in [5.74, 6) is -3.57. The van der Waals surface area contributed by atoms with Crippen LogP contribution in [-0.4, -0.2) is 186 Å². The molecule has 32 nitrogen and oxygen atoms in total. The SMILES string of the molecule is COCCCn1cc(C2=C(c3ccccc3OC)C(=O)NC2=O)c2cnccc21.Cn1cc(C2=C(c3nn(CC(=O)NCCO)c4ccccc34)C(=O)NC2=O)c2cc(Cl)ccc21.O=C1NC(=O)C(c2nn(CCCO)c3ccccc23)=C1c1cn(-c2cccnc2)c2ccc(Cl)cc12.O=C1NC(=O)C(c2nn(CCCO)c3ccccc23)=C1c1cn(C2CCOCC2)c2ccccc12. The van der Waals surface area contributed by atoms with Crippen molar-refractivity contribution in [1.82, 2.24) is 84.2 Å². The van der Waals surface area contributed by atoms with Gasteiger partial charge in [-0.1, -0.05) is 114 Å². The number of para-hydroxylation sites is 5. The number of aliphatic hydroxyl groups is 3. The van der Waals surface area contributed by atoms with E-state index in [9.17, 15) is 53.4 Å². The molecular weight excluding hydrogens is 1750 g/mol. The fraction of sp³-hybridized carbons (Fsp3) is 0.200. The molecule has 0 atom stereocenters. The molecule has 14 heterocycles. The van der Waals surface area contributed by atoms with Crippen LogP contribution in [0, 0.1) is 0 Å². The molecule has 0 aliphatic carbocycles. The van der Waals surface area contributed by atoms with Crippen molar-refractivity contribution in [1.29, 1.82) is 0 Å². The lowest BCUT2D eigenvalue weighted by Gasteiger charge is -2.24. The summed E-state index contributed by atoms with van der Waals surface area (Å²) in [6.07, 6.45) is 18.1. The predicted octanol–water partition coefficient (Wildman–Crippen LogP) is 11.8. The molecule has 134 heavy (non-hydrogen) atoms. The van der Waals surface area contributed by atoms with Gasteiger partial charge in [0.2, 0.25) is 5.91 Å². The molecule has 1 fully saturated rings. The molecule has 9 aromatic heterocycles. The minimum atomic E-state index is -0.556. The molecule has 21 rings (SSSR count). The lowest BCUT2D eigenvalue weighted by atomic mass is 9.96. The van der Waals surface area contributed by atoms with E-state index in [4.69, 9.17) is 52.7 Å². The summed E-state index contributed by atoms with van der Waals surface area (Å²) < 4.78 is 29.3. The smallest absolute Gasteiger partial charge is 0.261 e. The number of aryl methyl sites for hydroxylation is 4. The number of methoxy groups -OCH3 is 2. The number of carbonyl (C=O) groups excluding carboxylic acids is 9. The van der Waals surface area contributed by atoms with Crippen LogP contribution >= 0.6 is 23.2 Å².